The van der Waals surface area contributed by atoms with E-state index in [1.165, 1.54) is 28.0 Å². The predicted molar refractivity (Wildman–Crippen MR) is 122 cm³/mol. The van der Waals surface area contributed by atoms with Crippen molar-refractivity contribution in [2.24, 2.45) is 5.41 Å². The molecule has 0 bridgehead atoms. The summed E-state index contributed by atoms with van der Waals surface area (Å²) >= 11 is 0. The van der Waals surface area contributed by atoms with Gasteiger partial charge in [0.2, 0.25) is 0 Å². The van der Waals surface area contributed by atoms with E-state index in [2.05, 4.69) is 71.6 Å². The number of hydrogen-bond acceptors (Lipinski definition) is 2. The molecule has 0 saturated carbocycles. The zero-order valence-electron chi connectivity index (χ0n) is 18.8. The lowest BCUT2D eigenvalue weighted by molar-refractivity contribution is 0.0697. The van der Waals surface area contributed by atoms with Gasteiger partial charge in [-0.25, -0.2) is 4.79 Å². The zero-order valence-corrected chi connectivity index (χ0v) is 18.8. The number of anilines is 2. The fourth-order valence-electron chi connectivity index (χ4n) is 4.33. The van der Waals surface area contributed by atoms with Crippen LogP contribution in [0.1, 0.15) is 75.0 Å². The van der Waals surface area contributed by atoms with Crippen LogP contribution in [0.5, 0.6) is 0 Å². The Balaban J connectivity index is 2.15. The number of carboxylic acids is 1. The minimum absolute atomic E-state index is 0.0813. The first kappa shape index (κ1) is 21.2. The summed E-state index contributed by atoms with van der Waals surface area (Å²) in [6.45, 7) is 16.6. The monoisotopic (exact) mass is 391 g/mol. The molecule has 0 saturated heterocycles. The molecule has 1 N–H and O–H groups in total. The Kier molecular flexibility index (Phi) is 5.38. The smallest absolute Gasteiger partial charge is 0.335 e. The number of aryl methyl sites for hydroxylation is 1. The van der Waals surface area contributed by atoms with E-state index in [-0.39, 0.29) is 10.8 Å². The molecule has 0 aromatic heterocycles. The average molecular weight is 392 g/mol. The van der Waals surface area contributed by atoms with Gasteiger partial charge in [0, 0.05) is 17.9 Å². The van der Waals surface area contributed by atoms with Crippen LogP contribution in [0.3, 0.4) is 0 Å². The summed E-state index contributed by atoms with van der Waals surface area (Å²) in [6, 6.07) is 11.9. The number of allylic oxidation sites excluding steroid dienone is 2. The average Bonchev–Trinajstić information content (AvgIpc) is 2.63. The van der Waals surface area contributed by atoms with Crippen LogP contribution in [0.4, 0.5) is 11.4 Å². The van der Waals surface area contributed by atoms with Gasteiger partial charge in [-0.1, -0.05) is 46.8 Å². The van der Waals surface area contributed by atoms with Crippen LogP contribution < -0.4 is 4.90 Å². The van der Waals surface area contributed by atoms with Crippen molar-refractivity contribution in [1.82, 2.24) is 0 Å². The molecular weight excluding hydrogens is 358 g/mol. The van der Waals surface area contributed by atoms with E-state index < -0.39 is 5.97 Å². The van der Waals surface area contributed by atoms with E-state index in [1.54, 1.807) is 12.1 Å². The molecule has 0 atom stereocenters. The van der Waals surface area contributed by atoms with Crippen LogP contribution in [0.2, 0.25) is 0 Å². The van der Waals surface area contributed by atoms with Crippen molar-refractivity contribution in [3.05, 3.63) is 64.7 Å². The maximum absolute atomic E-state index is 11.2. The second-order valence-electron chi connectivity index (χ2n) is 9.74. The van der Waals surface area contributed by atoms with Gasteiger partial charge in [0.15, 0.2) is 0 Å². The largest absolute Gasteiger partial charge is 0.478 e. The highest BCUT2D eigenvalue weighted by Crippen LogP contribution is 2.47. The third-order valence-corrected chi connectivity index (χ3v) is 6.01. The van der Waals surface area contributed by atoms with Crippen LogP contribution in [0, 0.1) is 12.3 Å². The summed E-state index contributed by atoms with van der Waals surface area (Å²) in [6.07, 6.45) is 3.47. The molecule has 0 unspecified atom stereocenters. The number of nitrogens with zero attached hydrogens (tertiary/aromatic N) is 1. The summed E-state index contributed by atoms with van der Waals surface area (Å²) < 4.78 is 0. The number of aromatic carboxylic acids is 1. The summed E-state index contributed by atoms with van der Waals surface area (Å²) in [5.74, 6) is -0.897. The van der Waals surface area contributed by atoms with Gasteiger partial charge >= 0.3 is 5.97 Å². The number of hydrogen-bond donors (Lipinski definition) is 1. The van der Waals surface area contributed by atoms with Crippen molar-refractivity contribution >= 4 is 22.9 Å². The molecule has 0 aliphatic heterocycles. The normalized spacial score (nSPS) is 15.5. The summed E-state index contributed by atoms with van der Waals surface area (Å²) in [5.41, 5.74) is 8.12. The Morgan fingerprint density at radius 2 is 1.76 bits per heavy atom. The molecule has 1 aliphatic rings. The SMILES string of the molecule is CCN(c1ccc(C(=O)O)cc1)c1cc2c(cc1C)C(C)(C)CC=C2C(C)(C)C. The fourth-order valence-corrected chi connectivity index (χ4v) is 4.33. The molecule has 1 aliphatic carbocycles. The molecule has 3 rings (SSSR count). The van der Waals surface area contributed by atoms with Gasteiger partial charge in [-0.05, 0) is 83.7 Å². The van der Waals surface area contributed by atoms with E-state index in [0.717, 1.165) is 18.7 Å². The Bertz CT molecular complexity index is 959. The number of carboxylic acid groups (broad SMARTS) is 1. The molecule has 0 fully saturated rings. The van der Waals surface area contributed by atoms with Crippen molar-refractivity contribution in [1.29, 1.82) is 0 Å². The van der Waals surface area contributed by atoms with Crippen molar-refractivity contribution in [2.45, 2.75) is 60.3 Å². The summed E-state index contributed by atoms with van der Waals surface area (Å²) in [4.78, 5) is 13.5. The molecule has 2 aromatic rings. The van der Waals surface area contributed by atoms with Crippen molar-refractivity contribution in [2.75, 3.05) is 11.4 Å². The summed E-state index contributed by atoms with van der Waals surface area (Å²) in [5, 5.41) is 9.20. The van der Waals surface area contributed by atoms with Gasteiger partial charge in [0.1, 0.15) is 0 Å². The highest BCUT2D eigenvalue weighted by molar-refractivity contribution is 5.88. The molecule has 0 heterocycles. The summed E-state index contributed by atoms with van der Waals surface area (Å²) in [7, 11) is 0. The molecule has 0 spiro atoms. The molecular formula is C26H33NO2. The van der Waals surface area contributed by atoms with Crippen molar-refractivity contribution in [3.8, 4) is 0 Å². The number of carbonyl (C=O) groups is 1. The van der Waals surface area contributed by atoms with Crippen LogP contribution in [0.15, 0.2) is 42.5 Å². The molecule has 0 amide bonds. The lowest BCUT2D eigenvalue weighted by atomic mass is 9.68. The zero-order chi connectivity index (χ0) is 21.6. The van der Waals surface area contributed by atoms with Crippen LogP contribution in [-0.2, 0) is 5.41 Å². The highest BCUT2D eigenvalue weighted by atomic mass is 16.4. The Labute approximate surface area is 175 Å². The van der Waals surface area contributed by atoms with E-state index >= 15 is 0 Å². The van der Waals surface area contributed by atoms with E-state index in [0.29, 0.717) is 5.56 Å². The molecule has 3 nitrogen and oxygen atoms in total. The van der Waals surface area contributed by atoms with Gasteiger partial charge in [0.05, 0.1) is 5.56 Å². The Hall–Kier alpha value is -2.55. The lowest BCUT2D eigenvalue weighted by Gasteiger charge is -2.38. The second kappa shape index (κ2) is 7.37. The Morgan fingerprint density at radius 1 is 1.14 bits per heavy atom. The lowest BCUT2D eigenvalue weighted by Crippen LogP contribution is -2.26. The fraction of sp³-hybridized carbons (Fsp3) is 0.423. The molecule has 2 aromatic carbocycles. The quantitative estimate of drug-likeness (QED) is 0.612. The minimum Gasteiger partial charge on any atom is -0.478 e. The Morgan fingerprint density at radius 3 is 2.28 bits per heavy atom. The first-order valence-corrected chi connectivity index (χ1v) is 10.4. The number of fused-ring (bicyclic) bond motifs is 1. The van der Waals surface area contributed by atoms with Gasteiger partial charge in [-0.15, -0.1) is 0 Å². The van der Waals surface area contributed by atoms with Gasteiger partial charge in [-0.3, -0.25) is 0 Å². The van der Waals surface area contributed by atoms with Crippen molar-refractivity contribution < 1.29 is 9.90 Å². The maximum atomic E-state index is 11.2. The number of rotatable bonds is 4. The number of benzene rings is 2. The van der Waals surface area contributed by atoms with Gasteiger partial charge in [0.25, 0.3) is 0 Å². The minimum atomic E-state index is -0.897. The molecule has 154 valence electrons. The van der Waals surface area contributed by atoms with Crippen LogP contribution >= 0.6 is 0 Å². The second-order valence-corrected chi connectivity index (χ2v) is 9.74. The van der Waals surface area contributed by atoms with E-state index in [1.807, 2.05) is 12.1 Å². The molecule has 0 radical (unpaired) electrons. The topological polar surface area (TPSA) is 40.5 Å². The first-order valence-electron chi connectivity index (χ1n) is 10.4. The van der Waals surface area contributed by atoms with E-state index in [4.69, 9.17) is 0 Å². The highest BCUT2D eigenvalue weighted by Gasteiger charge is 2.33. The maximum Gasteiger partial charge on any atom is 0.335 e. The van der Waals surface area contributed by atoms with Crippen LogP contribution in [-0.4, -0.2) is 17.6 Å². The van der Waals surface area contributed by atoms with Crippen molar-refractivity contribution in [3.63, 3.8) is 0 Å². The molecule has 29 heavy (non-hydrogen) atoms. The van der Waals surface area contributed by atoms with Crippen LogP contribution in [0.25, 0.3) is 5.57 Å². The predicted octanol–water partition coefficient (Wildman–Crippen LogP) is 6.96. The standard InChI is InChI=1S/C26H33NO2/c1-8-27(19-11-9-18(10-12-19)24(28)29)23-16-20-21(25(3,4)5)13-14-26(6,7)22(20)15-17(23)2/h9-13,15-16H,8,14H2,1-7H3,(H,28,29). The van der Waals surface area contributed by atoms with Gasteiger partial charge < -0.3 is 10.0 Å². The third-order valence-electron chi connectivity index (χ3n) is 6.01. The van der Waals surface area contributed by atoms with Gasteiger partial charge in [-0.2, -0.15) is 0 Å². The first-order chi connectivity index (χ1) is 13.5. The van der Waals surface area contributed by atoms with E-state index in [9.17, 15) is 9.90 Å². The third kappa shape index (κ3) is 3.96. The molecule has 3 heteroatoms.